The van der Waals surface area contributed by atoms with Crippen LogP contribution in [-0.2, 0) is 19.0 Å². The highest BCUT2D eigenvalue weighted by atomic mass is 16.7. The van der Waals surface area contributed by atoms with E-state index in [1.165, 1.54) is 4.85 Å². The van der Waals surface area contributed by atoms with Gasteiger partial charge in [-0.3, -0.25) is 4.79 Å². The molecule has 0 aliphatic heterocycles. The Morgan fingerprint density at radius 1 is 0.688 bits per heavy atom. The van der Waals surface area contributed by atoms with Gasteiger partial charge in [-0.05, 0) is 105 Å². The average Bonchev–Trinajstić information content (AvgIpc) is 3.36. The second-order valence-electron chi connectivity index (χ2n) is 14.4. The predicted molar refractivity (Wildman–Crippen MR) is 180 cm³/mol. The number of nitrogens with one attached hydrogen (secondary N) is 2. The molecule has 0 bridgehead atoms. The summed E-state index contributed by atoms with van der Waals surface area (Å²) in [6.45, 7) is 18.1. The van der Waals surface area contributed by atoms with Gasteiger partial charge in [0.05, 0.1) is 0 Å². The standard InChI is InChI=1S/C33H55N7O8/c1-31(2,3)46-28(42)35-19-15-23-39(30(44)48-33(7,8)9)21-13-12-20-38(29(43)47-32(4,5)6)22-14-18-34-27(41)24-45-40-26-17-11-10-16-25(26)36-37-40/h10-11,16-17H,12-15,18-24H2,1-9H3,(H,34,41)(H,35,42). The van der Waals surface area contributed by atoms with Crippen molar-refractivity contribution in [3.05, 3.63) is 24.3 Å². The van der Waals surface area contributed by atoms with E-state index in [4.69, 9.17) is 19.0 Å². The Labute approximate surface area is 283 Å². The number of carbonyl (C=O) groups excluding carboxylic acids is 4. The molecule has 0 atom stereocenters. The highest BCUT2D eigenvalue weighted by Crippen LogP contribution is 2.14. The first-order valence-corrected chi connectivity index (χ1v) is 16.5. The van der Waals surface area contributed by atoms with Gasteiger partial charge in [-0.2, -0.15) is 0 Å². The van der Waals surface area contributed by atoms with Crippen molar-refractivity contribution in [3.8, 4) is 0 Å². The van der Waals surface area contributed by atoms with E-state index in [1.807, 2.05) is 12.1 Å². The number of nitrogens with zero attached hydrogens (tertiary/aromatic N) is 5. The number of rotatable bonds is 16. The van der Waals surface area contributed by atoms with Crippen LogP contribution in [0.5, 0.6) is 0 Å². The molecule has 0 radical (unpaired) electrons. The van der Waals surface area contributed by atoms with Crippen molar-refractivity contribution < 1.29 is 38.2 Å². The highest BCUT2D eigenvalue weighted by Gasteiger charge is 2.24. The summed E-state index contributed by atoms with van der Waals surface area (Å²) in [4.78, 5) is 60.1. The number of ether oxygens (including phenoxy) is 3. The molecule has 0 saturated carbocycles. The number of aromatic nitrogens is 3. The molecule has 0 saturated heterocycles. The first-order chi connectivity index (χ1) is 22.3. The lowest BCUT2D eigenvalue weighted by molar-refractivity contribution is -0.126. The van der Waals surface area contributed by atoms with Gasteiger partial charge in [0.25, 0.3) is 5.91 Å². The third-order valence-electron chi connectivity index (χ3n) is 6.25. The average molecular weight is 678 g/mol. The van der Waals surface area contributed by atoms with E-state index in [0.717, 1.165) is 0 Å². The number of para-hydroxylation sites is 1. The normalized spacial score (nSPS) is 11.9. The van der Waals surface area contributed by atoms with Crippen molar-refractivity contribution in [1.82, 2.24) is 35.6 Å². The van der Waals surface area contributed by atoms with Crippen molar-refractivity contribution >= 4 is 35.2 Å². The molecule has 0 unspecified atom stereocenters. The Bertz CT molecular complexity index is 1330. The fourth-order valence-electron chi connectivity index (χ4n) is 4.23. The summed E-state index contributed by atoms with van der Waals surface area (Å²) in [5.74, 6) is -0.332. The fraction of sp³-hybridized carbons (Fsp3) is 0.697. The van der Waals surface area contributed by atoms with E-state index < -0.39 is 35.1 Å². The quantitative estimate of drug-likeness (QED) is 0.190. The molecule has 0 fully saturated rings. The van der Waals surface area contributed by atoms with Crippen molar-refractivity contribution in [2.24, 2.45) is 0 Å². The Morgan fingerprint density at radius 3 is 1.69 bits per heavy atom. The number of fused-ring (bicyclic) bond motifs is 1. The number of amides is 4. The van der Waals surface area contributed by atoms with Crippen LogP contribution in [0.25, 0.3) is 11.0 Å². The van der Waals surface area contributed by atoms with Crippen molar-refractivity contribution in [2.45, 2.75) is 105 Å². The third-order valence-corrected chi connectivity index (χ3v) is 6.25. The summed E-state index contributed by atoms with van der Waals surface area (Å²) in [5.41, 5.74) is -0.623. The predicted octanol–water partition coefficient (Wildman–Crippen LogP) is 4.54. The molecule has 0 aliphatic rings. The van der Waals surface area contributed by atoms with Crippen LogP contribution < -0.4 is 15.5 Å². The Morgan fingerprint density at radius 2 is 1.17 bits per heavy atom. The van der Waals surface area contributed by atoms with Gasteiger partial charge in [0.15, 0.2) is 6.61 Å². The Kier molecular flexibility index (Phi) is 15.2. The summed E-state index contributed by atoms with van der Waals surface area (Å²) in [5, 5.41) is 13.4. The van der Waals surface area contributed by atoms with E-state index in [0.29, 0.717) is 76.0 Å². The SMILES string of the molecule is CC(C)(C)OC(=O)NCCCN(CCCCN(CCCNC(=O)COn1nnc2ccccc21)C(=O)OC(C)(C)C)C(=O)OC(C)(C)C. The molecule has 15 heteroatoms. The number of alkyl carbamates (subject to hydrolysis) is 1. The molecule has 2 N–H and O–H groups in total. The second kappa shape index (κ2) is 18.3. The molecule has 15 nitrogen and oxygen atoms in total. The van der Waals surface area contributed by atoms with Crippen LogP contribution in [0.2, 0.25) is 0 Å². The minimum Gasteiger partial charge on any atom is -0.444 e. The molecule has 0 spiro atoms. The number of carbonyl (C=O) groups is 4. The maximum absolute atomic E-state index is 13.0. The molecule has 4 amide bonds. The van der Waals surface area contributed by atoms with E-state index in [1.54, 1.807) is 84.2 Å². The van der Waals surface area contributed by atoms with Gasteiger partial charge < -0.3 is 39.5 Å². The zero-order chi connectivity index (χ0) is 36.0. The van der Waals surface area contributed by atoms with Crippen molar-refractivity contribution in [1.29, 1.82) is 0 Å². The molecular weight excluding hydrogens is 622 g/mol. The molecule has 0 aliphatic carbocycles. The third kappa shape index (κ3) is 16.5. The lowest BCUT2D eigenvalue weighted by Crippen LogP contribution is -2.41. The van der Waals surface area contributed by atoms with E-state index in [2.05, 4.69) is 20.9 Å². The maximum atomic E-state index is 13.0. The summed E-state index contributed by atoms with van der Waals surface area (Å²) in [7, 11) is 0. The number of benzene rings is 1. The molecule has 1 aromatic carbocycles. The molecule has 1 aromatic heterocycles. The zero-order valence-electron chi connectivity index (χ0n) is 30.1. The minimum atomic E-state index is -0.673. The largest absolute Gasteiger partial charge is 0.444 e. The van der Waals surface area contributed by atoms with E-state index in [-0.39, 0.29) is 12.5 Å². The van der Waals surface area contributed by atoms with Gasteiger partial charge in [0.1, 0.15) is 27.8 Å². The molecule has 270 valence electrons. The first-order valence-electron chi connectivity index (χ1n) is 16.5. The second-order valence-corrected chi connectivity index (χ2v) is 14.4. The molecule has 1 heterocycles. The fourth-order valence-corrected chi connectivity index (χ4v) is 4.23. The molecule has 2 aromatic rings. The maximum Gasteiger partial charge on any atom is 0.410 e. The molecule has 2 rings (SSSR count). The van der Waals surface area contributed by atoms with Crippen molar-refractivity contribution in [2.75, 3.05) is 45.9 Å². The summed E-state index contributed by atoms with van der Waals surface area (Å²) >= 11 is 0. The van der Waals surface area contributed by atoms with Crippen LogP contribution >= 0.6 is 0 Å². The zero-order valence-corrected chi connectivity index (χ0v) is 30.1. The topological polar surface area (TPSA) is 166 Å². The number of unbranched alkanes of at least 4 members (excludes halogenated alkanes) is 1. The lowest BCUT2D eigenvalue weighted by Gasteiger charge is -2.29. The summed E-state index contributed by atoms with van der Waals surface area (Å²) < 4.78 is 16.5. The monoisotopic (exact) mass is 677 g/mol. The van der Waals surface area contributed by atoms with Gasteiger partial charge in [0.2, 0.25) is 0 Å². The minimum absolute atomic E-state index is 0.242. The smallest absolute Gasteiger partial charge is 0.410 e. The van der Waals surface area contributed by atoms with Crippen LogP contribution in [-0.4, -0.2) is 112 Å². The number of hydrogen-bond acceptors (Lipinski definition) is 10. The Hall–Kier alpha value is -4.30. The van der Waals surface area contributed by atoms with E-state index >= 15 is 0 Å². The van der Waals surface area contributed by atoms with Crippen LogP contribution in [0.15, 0.2) is 24.3 Å². The molecular formula is C33H55N7O8. The number of hydrogen-bond donors (Lipinski definition) is 2. The van der Waals surface area contributed by atoms with Gasteiger partial charge in [-0.1, -0.05) is 17.0 Å². The van der Waals surface area contributed by atoms with Crippen LogP contribution in [0, 0.1) is 0 Å². The van der Waals surface area contributed by atoms with Gasteiger partial charge in [0, 0.05) is 39.3 Å². The van der Waals surface area contributed by atoms with Crippen LogP contribution in [0.1, 0.15) is 88.0 Å². The van der Waals surface area contributed by atoms with Crippen molar-refractivity contribution in [3.63, 3.8) is 0 Å². The Balaban J connectivity index is 1.85. The highest BCUT2D eigenvalue weighted by molar-refractivity contribution is 5.77. The van der Waals surface area contributed by atoms with Gasteiger partial charge >= 0.3 is 18.3 Å². The van der Waals surface area contributed by atoms with Gasteiger partial charge in [-0.15, -0.1) is 5.10 Å². The first kappa shape index (κ1) is 39.9. The van der Waals surface area contributed by atoms with E-state index in [9.17, 15) is 19.2 Å². The summed E-state index contributed by atoms with van der Waals surface area (Å²) in [6, 6.07) is 7.25. The van der Waals surface area contributed by atoms with Crippen LogP contribution in [0.4, 0.5) is 14.4 Å². The molecule has 48 heavy (non-hydrogen) atoms. The summed E-state index contributed by atoms with van der Waals surface area (Å²) in [6.07, 6.45) is 0.791. The van der Waals surface area contributed by atoms with Crippen LogP contribution in [0.3, 0.4) is 0 Å². The lowest BCUT2D eigenvalue weighted by atomic mass is 10.2. The van der Waals surface area contributed by atoms with Gasteiger partial charge in [-0.25, -0.2) is 14.4 Å².